The van der Waals surface area contributed by atoms with Crippen LogP contribution in [0, 0.1) is 13.8 Å². The SMILES string of the molecule is Cc1ccc(C)c([S+](c2ccccc2)c2ccccc2)c1.F[As-](F)(F)(F)(F)F. The summed E-state index contributed by atoms with van der Waals surface area (Å²) < 4.78 is 59.4. The Kier molecular flexibility index (Phi) is 6.03. The topological polar surface area (TPSA) is 0 Å². The molecule has 3 rings (SSSR count). The van der Waals surface area contributed by atoms with E-state index in [1.165, 1.54) is 25.8 Å². The van der Waals surface area contributed by atoms with Crippen LogP contribution in [-0.2, 0) is 10.9 Å². The number of halogens is 6. The molecule has 0 heterocycles. The van der Waals surface area contributed by atoms with Crippen molar-refractivity contribution in [3.63, 3.8) is 0 Å². The van der Waals surface area contributed by atoms with Crippen molar-refractivity contribution in [3.8, 4) is 0 Å². The molecule has 3 aromatic rings. The van der Waals surface area contributed by atoms with Gasteiger partial charge in [0.05, 0.1) is 10.9 Å². The van der Waals surface area contributed by atoms with Crippen LogP contribution in [0.4, 0.5) is 20.8 Å². The average Bonchev–Trinajstić information content (AvgIpc) is 2.57. The van der Waals surface area contributed by atoms with E-state index in [0.717, 1.165) is 0 Å². The van der Waals surface area contributed by atoms with Crippen LogP contribution < -0.4 is 0 Å². The zero-order chi connectivity index (χ0) is 21.1. The monoisotopic (exact) mass is 480 g/mol. The summed E-state index contributed by atoms with van der Waals surface area (Å²) in [6, 6.07) is 28.4. The van der Waals surface area contributed by atoms with E-state index in [2.05, 4.69) is 92.7 Å². The number of benzene rings is 3. The molecule has 0 aliphatic carbocycles. The van der Waals surface area contributed by atoms with Gasteiger partial charge in [0.1, 0.15) is 0 Å². The fourth-order valence-corrected chi connectivity index (χ4v) is 4.76. The van der Waals surface area contributed by atoms with Crippen molar-refractivity contribution in [2.45, 2.75) is 28.5 Å². The molecule has 0 spiro atoms. The maximum absolute atomic E-state index is 11.1. The average molecular weight is 480 g/mol. The van der Waals surface area contributed by atoms with Crippen molar-refractivity contribution in [1.29, 1.82) is 0 Å². The Labute approximate surface area is 164 Å². The van der Waals surface area contributed by atoms with Gasteiger partial charge in [0.2, 0.25) is 0 Å². The van der Waals surface area contributed by atoms with Crippen molar-refractivity contribution >= 4 is 25.1 Å². The third kappa shape index (κ3) is 8.44. The predicted octanol–water partition coefficient (Wildman–Crippen LogP) is 7.54. The Balaban J connectivity index is 0.000000345. The normalized spacial score (nSPS) is 13.9. The first-order chi connectivity index (χ1) is 12.7. The number of hydrogen-bond acceptors (Lipinski definition) is 0. The second-order valence-corrected chi connectivity index (χ2v) is 12.2. The van der Waals surface area contributed by atoms with Crippen molar-refractivity contribution in [2.75, 3.05) is 0 Å². The third-order valence-electron chi connectivity index (χ3n) is 3.52. The van der Waals surface area contributed by atoms with Crippen LogP contribution in [0.5, 0.6) is 0 Å². The van der Waals surface area contributed by atoms with E-state index in [9.17, 15) is 20.8 Å². The molecule has 0 radical (unpaired) electrons. The first kappa shape index (κ1) is 22.4. The summed E-state index contributed by atoms with van der Waals surface area (Å²) >= 11 is -11.1. The fourth-order valence-electron chi connectivity index (χ4n) is 2.43. The van der Waals surface area contributed by atoms with E-state index >= 15 is 0 Å². The Bertz CT molecular complexity index is 875. The fraction of sp³-hybridized carbons (Fsp3) is 0.100. The molecule has 0 unspecified atom stereocenters. The van der Waals surface area contributed by atoms with Crippen molar-refractivity contribution in [2.24, 2.45) is 0 Å². The molecule has 0 saturated carbocycles. The molecule has 28 heavy (non-hydrogen) atoms. The summed E-state index contributed by atoms with van der Waals surface area (Å²) in [7, 11) is -0.0365. The number of aryl methyl sites for hydroxylation is 2. The van der Waals surface area contributed by atoms with E-state index in [-0.39, 0.29) is 10.9 Å². The minimum absolute atomic E-state index is 0.0365. The molecule has 3 aromatic carbocycles. The van der Waals surface area contributed by atoms with E-state index in [1.54, 1.807) is 0 Å². The van der Waals surface area contributed by atoms with Gasteiger partial charge in [0.15, 0.2) is 14.7 Å². The summed E-state index contributed by atoms with van der Waals surface area (Å²) in [6.07, 6.45) is 0. The molecule has 0 fully saturated rings. The standard InChI is InChI=1S/C20H19S.AsF6/c1-16-13-14-17(2)20(15-16)21(18-9-5-3-6-10-18)19-11-7-4-8-12-19;2-1(3,4,5,6)7/h3-15H,1-2H3;/q+1;-1. The van der Waals surface area contributed by atoms with Crippen molar-refractivity contribution < 1.29 is 20.8 Å². The molecule has 0 saturated heterocycles. The number of rotatable bonds is 3. The zero-order valence-electron chi connectivity index (χ0n) is 15.1. The Morgan fingerprint density at radius 1 is 0.607 bits per heavy atom. The Morgan fingerprint density at radius 3 is 1.39 bits per heavy atom. The van der Waals surface area contributed by atoms with Gasteiger partial charge >= 0.3 is 35.0 Å². The number of hydrogen-bond donors (Lipinski definition) is 0. The predicted molar refractivity (Wildman–Crippen MR) is 103 cm³/mol. The summed E-state index contributed by atoms with van der Waals surface area (Å²) in [4.78, 5) is 4.17. The van der Waals surface area contributed by atoms with Gasteiger partial charge in [-0.25, -0.2) is 0 Å². The van der Waals surface area contributed by atoms with E-state index in [0.29, 0.717) is 0 Å². The van der Waals surface area contributed by atoms with Crippen LogP contribution in [0.25, 0.3) is 0 Å². The molecule has 0 aromatic heterocycles. The van der Waals surface area contributed by atoms with E-state index < -0.39 is 14.2 Å². The molecule has 0 bridgehead atoms. The molecule has 0 amide bonds. The minimum atomic E-state index is -11.1. The van der Waals surface area contributed by atoms with Gasteiger partial charge in [-0.1, -0.05) is 48.5 Å². The van der Waals surface area contributed by atoms with Gasteiger partial charge in [-0.15, -0.1) is 0 Å². The maximum atomic E-state index is 9.91. The molecule has 8 heteroatoms. The summed E-state index contributed by atoms with van der Waals surface area (Å²) in [5, 5.41) is 0. The van der Waals surface area contributed by atoms with Gasteiger partial charge < -0.3 is 0 Å². The van der Waals surface area contributed by atoms with E-state index in [4.69, 9.17) is 0 Å². The van der Waals surface area contributed by atoms with Crippen LogP contribution in [0.1, 0.15) is 11.1 Å². The Morgan fingerprint density at radius 2 is 1.00 bits per heavy atom. The quantitative estimate of drug-likeness (QED) is 0.206. The van der Waals surface area contributed by atoms with Gasteiger partial charge in [0.25, 0.3) is 0 Å². The van der Waals surface area contributed by atoms with Gasteiger partial charge in [-0.05, 0) is 49.7 Å². The van der Waals surface area contributed by atoms with Crippen molar-refractivity contribution in [3.05, 3.63) is 90.0 Å². The van der Waals surface area contributed by atoms with E-state index in [1.807, 2.05) is 0 Å². The van der Waals surface area contributed by atoms with Crippen LogP contribution in [0.2, 0.25) is 0 Å². The van der Waals surface area contributed by atoms with Crippen LogP contribution in [0.3, 0.4) is 0 Å². The second kappa shape index (κ2) is 7.52. The molecule has 152 valence electrons. The van der Waals surface area contributed by atoms with Crippen LogP contribution in [0.15, 0.2) is 93.5 Å². The van der Waals surface area contributed by atoms with Gasteiger partial charge in [-0.3, -0.25) is 0 Å². The summed E-state index contributed by atoms with van der Waals surface area (Å²) in [6.45, 7) is 4.38. The van der Waals surface area contributed by atoms with Gasteiger partial charge in [0, 0.05) is 5.56 Å². The second-order valence-electron chi connectivity index (χ2n) is 6.16. The molecule has 0 atom stereocenters. The third-order valence-corrected chi connectivity index (χ3v) is 5.89. The first-order valence-corrected chi connectivity index (χ1v) is 13.7. The Hall–Kier alpha value is -1.85. The molecule has 0 aliphatic heterocycles. The molecule has 0 N–H and O–H groups in total. The summed E-state index contributed by atoms with van der Waals surface area (Å²) in [5.74, 6) is 0. The molecule has 0 aliphatic rings. The van der Waals surface area contributed by atoms with Crippen molar-refractivity contribution in [1.82, 2.24) is 0 Å². The molecular formula is C20H19AsF6S. The zero-order valence-corrected chi connectivity index (χ0v) is 17.8. The van der Waals surface area contributed by atoms with Gasteiger partial charge in [-0.2, -0.15) is 0 Å². The summed E-state index contributed by atoms with van der Waals surface area (Å²) in [5.41, 5.74) is 2.68. The molecule has 0 nitrogen and oxygen atoms in total. The molecular weight excluding hydrogens is 461 g/mol. The van der Waals surface area contributed by atoms with Crippen LogP contribution >= 0.6 is 0 Å². The van der Waals surface area contributed by atoms with Crippen LogP contribution in [-0.4, -0.2) is 14.2 Å². The first-order valence-electron chi connectivity index (χ1n) is 8.19.